The molecule has 4 rings (SSSR count). The summed E-state index contributed by atoms with van der Waals surface area (Å²) in [5.41, 5.74) is 2.81. The zero-order chi connectivity index (χ0) is 21.8. The van der Waals surface area contributed by atoms with E-state index in [2.05, 4.69) is 25.4 Å². The zero-order valence-corrected chi connectivity index (χ0v) is 18.1. The van der Waals surface area contributed by atoms with Crippen LogP contribution in [0.3, 0.4) is 0 Å². The number of likely N-dealkylation sites (tertiary alicyclic amines) is 1. The molecule has 1 N–H and O–H groups in total. The summed E-state index contributed by atoms with van der Waals surface area (Å²) in [6, 6.07) is 7.81. The Labute approximate surface area is 182 Å². The van der Waals surface area contributed by atoms with Crippen LogP contribution in [0, 0.1) is 13.8 Å². The van der Waals surface area contributed by atoms with Crippen molar-refractivity contribution in [2.45, 2.75) is 32.6 Å². The average Bonchev–Trinajstić information content (AvgIpc) is 3.17. The zero-order valence-electron chi connectivity index (χ0n) is 18.1. The molecule has 160 valence electrons. The van der Waals surface area contributed by atoms with Crippen molar-refractivity contribution in [2.75, 3.05) is 18.4 Å². The summed E-state index contributed by atoms with van der Waals surface area (Å²) in [6.45, 7) is 5.25. The fraction of sp³-hybridized carbons (Fsp3) is 0.348. The molecule has 3 aromatic heterocycles. The average molecular weight is 418 g/mol. The maximum absolute atomic E-state index is 12.7. The number of anilines is 2. The number of hydrogen-bond acceptors (Lipinski definition) is 6. The number of amides is 1. The highest BCUT2D eigenvalue weighted by atomic mass is 16.2. The number of nitrogens with zero attached hydrogens (tertiary/aromatic N) is 6. The Morgan fingerprint density at radius 1 is 1.19 bits per heavy atom. The SMILES string of the molecule is Cc1cccc(Nc2cc([C@H]3CCCN(C(=O)/C=C/c4cnn(C)c4)C3)nc(C)n2)n1. The number of rotatable bonds is 5. The highest BCUT2D eigenvalue weighted by molar-refractivity contribution is 5.91. The van der Waals surface area contributed by atoms with Gasteiger partial charge in [-0.25, -0.2) is 15.0 Å². The van der Waals surface area contributed by atoms with Gasteiger partial charge in [-0.1, -0.05) is 6.07 Å². The molecule has 1 atom stereocenters. The molecule has 1 aliphatic heterocycles. The van der Waals surface area contributed by atoms with Crippen LogP contribution >= 0.6 is 0 Å². The minimum atomic E-state index is 0.0154. The van der Waals surface area contributed by atoms with Gasteiger partial charge in [0.1, 0.15) is 17.5 Å². The molecule has 1 saturated heterocycles. The molecular formula is C23H27N7O. The highest BCUT2D eigenvalue weighted by Gasteiger charge is 2.25. The van der Waals surface area contributed by atoms with E-state index in [9.17, 15) is 4.79 Å². The summed E-state index contributed by atoms with van der Waals surface area (Å²) < 4.78 is 1.72. The lowest BCUT2D eigenvalue weighted by molar-refractivity contribution is -0.127. The van der Waals surface area contributed by atoms with E-state index in [1.807, 2.05) is 62.3 Å². The van der Waals surface area contributed by atoms with Crippen molar-refractivity contribution in [1.29, 1.82) is 0 Å². The summed E-state index contributed by atoms with van der Waals surface area (Å²) >= 11 is 0. The smallest absolute Gasteiger partial charge is 0.246 e. The van der Waals surface area contributed by atoms with E-state index in [4.69, 9.17) is 0 Å². The second-order valence-electron chi connectivity index (χ2n) is 7.92. The van der Waals surface area contributed by atoms with E-state index < -0.39 is 0 Å². The van der Waals surface area contributed by atoms with Gasteiger partial charge in [0.2, 0.25) is 5.91 Å². The molecule has 8 nitrogen and oxygen atoms in total. The maximum Gasteiger partial charge on any atom is 0.246 e. The van der Waals surface area contributed by atoms with Crippen LogP contribution in [0.5, 0.6) is 0 Å². The van der Waals surface area contributed by atoms with Crippen molar-refractivity contribution in [3.63, 3.8) is 0 Å². The van der Waals surface area contributed by atoms with Crippen molar-refractivity contribution < 1.29 is 4.79 Å². The molecule has 0 aliphatic carbocycles. The molecule has 1 amide bonds. The standard InChI is InChI=1S/C23H27N7O/c1-16-6-4-8-21(25-16)28-22-12-20(26-17(2)27-22)19-7-5-11-30(15-19)23(31)10-9-18-13-24-29(3)14-18/h4,6,8-10,12-14,19H,5,7,11,15H2,1-3H3,(H,25,26,27,28)/b10-9+/t19-/m0/s1. The monoisotopic (exact) mass is 417 g/mol. The molecule has 0 saturated carbocycles. The lowest BCUT2D eigenvalue weighted by Crippen LogP contribution is -2.38. The lowest BCUT2D eigenvalue weighted by atomic mass is 9.94. The first-order valence-electron chi connectivity index (χ1n) is 10.5. The van der Waals surface area contributed by atoms with Crippen LogP contribution in [-0.4, -0.2) is 48.6 Å². The molecule has 0 aromatic carbocycles. The number of aromatic nitrogens is 5. The third-order valence-corrected chi connectivity index (χ3v) is 5.30. The lowest BCUT2D eigenvalue weighted by Gasteiger charge is -2.32. The van der Waals surface area contributed by atoms with Gasteiger partial charge >= 0.3 is 0 Å². The summed E-state index contributed by atoms with van der Waals surface area (Å²) in [6.07, 6.45) is 9.00. The number of hydrogen-bond donors (Lipinski definition) is 1. The number of nitrogens with one attached hydrogen (secondary N) is 1. The molecule has 1 aliphatic rings. The quantitative estimate of drug-likeness (QED) is 0.640. The molecule has 1 fully saturated rings. The fourth-order valence-corrected chi connectivity index (χ4v) is 3.83. The molecule has 0 spiro atoms. The molecule has 8 heteroatoms. The normalized spacial score (nSPS) is 16.6. The van der Waals surface area contributed by atoms with Crippen molar-refractivity contribution in [2.24, 2.45) is 7.05 Å². The molecular weight excluding hydrogens is 390 g/mol. The van der Waals surface area contributed by atoms with E-state index in [0.717, 1.165) is 48.0 Å². The van der Waals surface area contributed by atoms with Crippen LogP contribution in [0.2, 0.25) is 0 Å². The first-order chi connectivity index (χ1) is 15.0. The Hall–Kier alpha value is -3.55. The molecule has 0 bridgehead atoms. The van der Waals surface area contributed by atoms with Crippen molar-refractivity contribution in [1.82, 2.24) is 29.6 Å². The van der Waals surface area contributed by atoms with Gasteiger partial charge in [-0.05, 0) is 44.9 Å². The molecule has 0 radical (unpaired) electrons. The largest absolute Gasteiger partial charge is 0.338 e. The Kier molecular flexibility index (Phi) is 6.06. The summed E-state index contributed by atoms with van der Waals surface area (Å²) in [5, 5.41) is 7.40. The number of carbonyl (C=O) groups excluding carboxylic acids is 1. The van der Waals surface area contributed by atoms with E-state index in [-0.39, 0.29) is 11.8 Å². The minimum Gasteiger partial charge on any atom is -0.338 e. The Morgan fingerprint density at radius 2 is 2.06 bits per heavy atom. The topological polar surface area (TPSA) is 88.8 Å². The number of pyridine rings is 1. The minimum absolute atomic E-state index is 0.0154. The molecule has 4 heterocycles. The predicted molar refractivity (Wildman–Crippen MR) is 120 cm³/mol. The van der Waals surface area contributed by atoms with Crippen LogP contribution in [0.1, 0.15) is 41.5 Å². The van der Waals surface area contributed by atoms with Crippen LogP contribution < -0.4 is 5.32 Å². The third kappa shape index (κ3) is 5.33. The maximum atomic E-state index is 12.7. The Morgan fingerprint density at radius 3 is 2.84 bits per heavy atom. The number of aryl methyl sites for hydroxylation is 3. The first kappa shape index (κ1) is 20.7. The second-order valence-corrected chi connectivity index (χ2v) is 7.92. The van der Waals surface area contributed by atoms with Gasteiger partial charge < -0.3 is 10.2 Å². The van der Waals surface area contributed by atoms with Crippen LogP contribution in [0.25, 0.3) is 6.08 Å². The van der Waals surface area contributed by atoms with Gasteiger partial charge in [0.15, 0.2) is 0 Å². The number of carbonyl (C=O) groups is 1. The van der Waals surface area contributed by atoms with Gasteiger partial charge in [0.05, 0.1) is 11.9 Å². The number of piperidine rings is 1. The van der Waals surface area contributed by atoms with E-state index in [1.165, 1.54) is 0 Å². The predicted octanol–water partition coefficient (Wildman–Crippen LogP) is 3.38. The summed E-state index contributed by atoms with van der Waals surface area (Å²) in [4.78, 5) is 28.3. The van der Waals surface area contributed by atoms with Crippen LogP contribution in [0.4, 0.5) is 11.6 Å². The molecule has 3 aromatic rings. The van der Waals surface area contributed by atoms with Gasteiger partial charge in [0.25, 0.3) is 0 Å². The molecule has 0 unspecified atom stereocenters. The third-order valence-electron chi connectivity index (χ3n) is 5.30. The Balaban J connectivity index is 1.46. The summed E-state index contributed by atoms with van der Waals surface area (Å²) in [5.74, 6) is 2.37. The van der Waals surface area contributed by atoms with Gasteiger partial charge in [0, 0.05) is 55.7 Å². The van der Waals surface area contributed by atoms with Crippen molar-refractivity contribution in [3.8, 4) is 0 Å². The molecule has 31 heavy (non-hydrogen) atoms. The van der Waals surface area contributed by atoms with Crippen molar-refractivity contribution in [3.05, 3.63) is 65.5 Å². The van der Waals surface area contributed by atoms with E-state index >= 15 is 0 Å². The Bertz CT molecular complexity index is 1100. The van der Waals surface area contributed by atoms with Crippen LogP contribution in [-0.2, 0) is 11.8 Å². The highest BCUT2D eigenvalue weighted by Crippen LogP contribution is 2.28. The second kappa shape index (κ2) is 9.07. The fourth-order valence-electron chi connectivity index (χ4n) is 3.83. The summed E-state index contributed by atoms with van der Waals surface area (Å²) in [7, 11) is 1.86. The van der Waals surface area contributed by atoms with E-state index in [1.54, 1.807) is 17.0 Å². The van der Waals surface area contributed by atoms with Crippen molar-refractivity contribution >= 4 is 23.6 Å². The van der Waals surface area contributed by atoms with Gasteiger partial charge in [-0.15, -0.1) is 0 Å². The first-order valence-corrected chi connectivity index (χ1v) is 10.5. The van der Waals surface area contributed by atoms with Gasteiger partial charge in [-0.3, -0.25) is 9.48 Å². The van der Waals surface area contributed by atoms with Gasteiger partial charge in [-0.2, -0.15) is 5.10 Å². The van der Waals surface area contributed by atoms with Crippen LogP contribution in [0.15, 0.2) is 42.7 Å². The van der Waals surface area contributed by atoms with E-state index in [0.29, 0.717) is 12.4 Å².